The van der Waals surface area contributed by atoms with E-state index in [1.54, 1.807) is 48.5 Å². The highest BCUT2D eigenvalue weighted by Crippen LogP contribution is 2.38. The number of carbonyl (C=O) groups is 1. The van der Waals surface area contributed by atoms with E-state index in [1.165, 1.54) is 13.4 Å². The van der Waals surface area contributed by atoms with Gasteiger partial charge in [-0.2, -0.15) is 0 Å². The predicted octanol–water partition coefficient (Wildman–Crippen LogP) is 5.04. The van der Waals surface area contributed by atoms with Crippen LogP contribution in [0.2, 0.25) is 5.02 Å². The molecule has 0 radical (unpaired) electrons. The van der Waals surface area contributed by atoms with Crippen LogP contribution in [0.5, 0.6) is 17.2 Å². The summed E-state index contributed by atoms with van der Waals surface area (Å²) in [6, 6.07) is 19.9. The number of amides is 2. The van der Waals surface area contributed by atoms with Gasteiger partial charge in [-0.05, 0) is 54.4 Å². The van der Waals surface area contributed by atoms with Crippen LogP contribution in [0.1, 0.15) is 28.8 Å². The maximum atomic E-state index is 12.8. The molecule has 2 amide bonds. The molecule has 1 aliphatic heterocycles. The van der Waals surface area contributed by atoms with Crippen molar-refractivity contribution in [1.82, 2.24) is 10.6 Å². The van der Waals surface area contributed by atoms with Crippen LogP contribution in [0.4, 0.5) is 4.79 Å². The second-order valence-electron chi connectivity index (χ2n) is 8.13. The lowest BCUT2D eigenvalue weighted by molar-refractivity contribution is 0.246. The first-order valence-electron chi connectivity index (χ1n) is 10.7. The van der Waals surface area contributed by atoms with Crippen molar-refractivity contribution in [1.29, 1.82) is 0 Å². The molecule has 1 saturated heterocycles. The van der Waals surface area contributed by atoms with Crippen LogP contribution in [0.25, 0.3) is 0 Å². The Bertz CT molecular complexity index is 1280. The van der Waals surface area contributed by atoms with Crippen LogP contribution in [-0.2, 0) is 9.84 Å². The zero-order chi connectivity index (χ0) is 24.3. The number of para-hydroxylation sites is 1. The van der Waals surface area contributed by atoms with Gasteiger partial charge in [0.25, 0.3) is 0 Å². The van der Waals surface area contributed by atoms with Gasteiger partial charge >= 0.3 is 6.03 Å². The molecule has 7 nitrogen and oxygen atoms in total. The van der Waals surface area contributed by atoms with Crippen LogP contribution in [0, 0.1) is 0 Å². The first-order chi connectivity index (χ1) is 16.2. The van der Waals surface area contributed by atoms with Gasteiger partial charge in [-0.15, -0.1) is 0 Å². The van der Waals surface area contributed by atoms with E-state index in [2.05, 4.69) is 10.6 Å². The lowest BCUT2D eigenvalue weighted by atomic mass is 9.94. The first-order valence-corrected chi connectivity index (χ1v) is 13.0. The van der Waals surface area contributed by atoms with Crippen LogP contribution in [-0.4, -0.2) is 33.9 Å². The van der Waals surface area contributed by atoms with Crippen molar-refractivity contribution in [3.8, 4) is 17.2 Å². The van der Waals surface area contributed by atoms with Gasteiger partial charge in [0.1, 0.15) is 17.2 Å². The number of nitrogens with one attached hydrogen (secondary N) is 2. The number of hydrogen-bond donors (Lipinski definition) is 2. The van der Waals surface area contributed by atoms with E-state index in [0.29, 0.717) is 27.8 Å². The van der Waals surface area contributed by atoms with E-state index < -0.39 is 27.2 Å². The Morgan fingerprint density at radius 2 is 1.71 bits per heavy atom. The number of urea groups is 1. The third kappa shape index (κ3) is 5.46. The quantitative estimate of drug-likeness (QED) is 0.452. The highest BCUT2D eigenvalue weighted by Gasteiger charge is 2.38. The summed E-state index contributed by atoms with van der Waals surface area (Å²) >= 11 is 5.97. The third-order valence-electron chi connectivity index (χ3n) is 5.75. The summed E-state index contributed by atoms with van der Waals surface area (Å²) in [7, 11) is -1.96. The van der Waals surface area contributed by atoms with Crippen molar-refractivity contribution < 1.29 is 22.7 Å². The monoisotopic (exact) mass is 500 g/mol. The second-order valence-corrected chi connectivity index (χ2v) is 10.8. The number of hydrogen-bond acceptors (Lipinski definition) is 5. The predicted molar refractivity (Wildman–Crippen MR) is 131 cm³/mol. The lowest BCUT2D eigenvalue weighted by Crippen LogP contribution is -2.31. The Morgan fingerprint density at radius 1 is 0.971 bits per heavy atom. The molecule has 34 heavy (non-hydrogen) atoms. The van der Waals surface area contributed by atoms with Gasteiger partial charge in [-0.25, -0.2) is 13.2 Å². The molecule has 0 spiro atoms. The summed E-state index contributed by atoms with van der Waals surface area (Å²) in [6.45, 7) is 0. The third-order valence-corrected chi connectivity index (χ3v) is 7.50. The van der Waals surface area contributed by atoms with E-state index in [9.17, 15) is 13.2 Å². The standard InChI is InChI=1S/C25H25ClN2O5S/c1-32-19-7-5-6-16(14-19)23(34(2,30)31)15-21-24(28-25(29)27-21)20-8-3-4-9-22(20)33-18-12-10-17(26)11-13-18/h3-14,21,23-24H,15H2,1-2H3,(H2,27,28,29). The van der Waals surface area contributed by atoms with Crippen molar-refractivity contribution in [2.24, 2.45) is 0 Å². The molecule has 0 bridgehead atoms. The Hall–Kier alpha value is -3.23. The maximum Gasteiger partial charge on any atom is 0.315 e. The van der Waals surface area contributed by atoms with Crippen molar-refractivity contribution in [3.63, 3.8) is 0 Å². The smallest absolute Gasteiger partial charge is 0.315 e. The number of methoxy groups -OCH3 is 1. The fraction of sp³-hybridized carbons (Fsp3) is 0.240. The molecule has 1 heterocycles. The lowest BCUT2D eigenvalue weighted by Gasteiger charge is -2.25. The molecular formula is C25H25ClN2O5S. The van der Waals surface area contributed by atoms with Gasteiger partial charge in [0, 0.05) is 16.8 Å². The Labute approximate surface area is 204 Å². The van der Waals surface area contributed by atoms with Crippen molar-refractivity contribution in [2.75, 3.05) is 13.4 Å². The molecule has 0 saturated carbocycles. The average Bonchev–Trinajstić information content (AvgIpc) is 3.18. The molecule has 0 aliphatic carbocycles. The van der Waals surface area contributed by atoms with E-state index in [1.807, 2.05) is 24.3 Å². The number of carbonyl (C=O) groups excluding carboxylic acids is 1. The topological polar surface area (TPSA) is 93.7 Å². The maximum absolute atomic E-state index is 12.8. The Morgan fingerprint density at radius 3 is 2.41 bits per heavy atom. The van der Waals surface area contributed by atoms with Crippen LogP contribution in [0.3, 0.4) is 0 Å². The van der Waals surface area contributed by atoms with Crippen molar-refractivity contribution in [2.45, 2.75) is 23.8 Å². The number of sulfone groups is 1. The second kappa shape index (κ2) is 9.95. The molecule has 2 N–H and O–H groups in total. The molecule has 178 valence electrons. The van der Waals surface area contributed by atoms with E-state index in [-0.39, 0.29) is 12.5 Å². The summed E-state index contributed by atoms with van der Waals surface area (Å²) in [6.07, 6.45) is 1.37. The SMILES string of the molecule is COc1cccc(C(CC2NC(=O)NC2c2ccccc2Oc2ccc(Cl)cc2)S(C)(=O)=O)c1. The Balaban J connectivity index is 1.65. The molecule has 3 atom stereocenters. The fourth-order valence-corrected chi connectivity index (χ4v) is 5.44. The largest absolute Gasteiger partial charge is 0.497 e. The zero-order valence-corrected chi connectivity index (χ0v) is 20.3. The van der Waals surface area contributed by atoms with Gasteiger partial charge in [-0.1, -0.05) is 41.9 Å². The van der Waals surface area contributed by atoms with Gasteiger partial charge in [0.05, 0.1) is 24.4 Å². The number of rotatable bonds is 8. The molecule has 4 rings (SSSR count). The van der Waals surface area contributed by atoms with Gasteiger partial charge in [0.2, 0.25) is 0 Å². The molecule has 1 fully saturated rings. The molecule has 3 unspecified atom stereocenters. The molecule has 0 aromatic heterocycles. The van der Waals surface area contributed by atoms with Crippen molar-refractivity contribution in [3.05, 3.63) is 88.9 Å². The molecule has 3 aromatic rings. The number of benzene rings is 3. The minimum atomic E-state index is -3.49. The van der Waals surface area contributed by atoms with Crippen LogP contribution < -0.4 is 20.1 Å². The number of halogens is 1. The van der Waals surface area contributed by atoms with Crippen molar-refractivity contribution >= 4 is 27.5 Å². The molecule has 3 aromatic carbocycles. The fourth-order valence-electron chi connectivity index (χ4n) is 4.12. The summed E-state index contributed by atoms with van der Waals surface area (Å²) < 4.78 is 36.9. The zero-order valence-electron chi connectivity index (χ0n) is 18.7. The average molecular weight is 501 g/mol. The van der Waals surface area contributed by atoms with E-state index in [0.717, 1.165) is 5.56 Å². The number of ether oxygens (including phenoxy) is 2. The minimum absolute atomic E-state index is 0.171. The highest BCUT2D eigenvalue weighted by atomic mass is 35.5. The summed E-state index contributed by atoms with van der Waals surface area (Å²) in [5.74, 6) is 1.72. The first kappa shape index (κ1) is 23.9. The Kier molecular flexibility index (Phi) is 7.00. The van der Waals surface area contributed by atoms with Gasteiger partial charge in [0.15, 0.2) is 9.84 Å². The van der Waals surface area contributed by atoms with Gasteiger partial charge in [-0.3, -0.25) is 0 Å². The molecular weight excluding hydrogens is 476 g/mol. The summed E-state index contributed by atoms with van der Waals surface area (Å²) in [5, 5.41) is 5.56. The summed E-state index contributed by atoms with van der Waals surface area (Å²) in [4.78, 5) is 12.4. The van der Waals surface area contributed by atoms with Crippen LogP contribution in [0.15, 0.2) is 72.8 Å². The highest BCUT2D eigenvalue weighted by molar-refractivity contribution is 7.90. The molecule has 1 aliphatic rings. The normalized spacial score (nSPS) is 18.6. The minimum Gasteiger partial charge on any atom is -0.497 e. The van der Waals surface area contributed by atoms with Gasteiger partial charge < -0.3 is 20.1 Å². The van der Waals surface area contributed by atoms with E-state index in [4.69, 9.17) is 21.1 Å². The van der Waals surface area contributed by atoms with Crippen LogP contribution >= 0.6 is 11.6 Å². The summed E-state index contributed by atoms with van der Waals surface area (Å²) in [5.41, 5.74) is 1.34. The molecule has 9 heteroatoms. The van der Waals surface area contributed by atoms with E-state index >= 15 is 0 Å².